The number of nitrogens with zero attached hydrogens (tertiary/aromatic N) is 1. The first kappa shape index (κ1) is 18.9. The summed E-state index contributed by atoms with van der Waals surface area (Å²) >= 11 is 6.10. The molecule has 0 spiro atoms. The minimum Gasteiger partial charge on any atom is -0.326 e. The van der Waals surface area contributed by atoms with Crippen molar-refractivity contribution in [2.45, 2.75) is 25.8 Å². The van der Waals surface area contributed by atoms with Crippen LogP contribution in [0.5, 0.6) is 0 Å². The van der Waals surface area contributed by atoms with Crippen LogP contribution in [0.1, 0.15) is 17.5 Å². The lowest BCUT2D eigenvalue weighted by Crippen LogP contribution is -2.38. The molecular formula is C20H20ClN3O3. The minimum absolute atomic E-state index is 0.350. The molecule has 1 heterocycles. The summed E-state index contributed by atoms with van der Waals surface area (Å²) in [4.78, 5) is 37.7. The predicted molar refractivity (Wildman–Crippen MR) is 104 cm³/mol. The van der Waals surface area contributed by atoms with Crippen molar-refractivity contribution in [3.63, 3.8) is 0 Å². The fourth-order valence-corrected chi connectivity index (χ4v) is 3.22. The number of aryl methyl sites for hydroxylation is 2. The highest BCUT2D eigenvalue weighted by atomic mass is 35.5. The van der Waals surface area contributed by atoms with Crippen LogP contribution in [0.4, 0.5) is 10.5 Å². The molecule has 0 unspecified atom stereocenters. The summed E-state index contributed by atoms with van der Waals surface area (Å²) in [5, 5.41) is 5.68. The zero-order valence-corrected chi connectivity index (χ0v) is 15.6. The van der Waals surface area contributed by atoms with Gasteiger partial charge in [-0.2, -0.15) is 0 Å². The third-order valence-electron chi connectivity index (χ3n) is 4.37. The Kier molecular flexibility index (Phi) is 5.76. The molecule has 2 aromatic rings. The van der Waals surface area contributed by atoms with Gasteiger partial charge in [-0.25, -0.2) is 4.79 Å². The van der Waals surface area contributed by atoms with Gasteiger partial charge in [-0.15, -0.1) is 0 Å². The van der Waals surface area contributed by atoms with E-state index >= 15 is 0 Å². The van der Waals surface area contributed by atoms with Gasteiger partial charge in [-0.05, 0) is 43.0 Å². The summed E-state index contributed by atoms with van der Waals surface area (Å²) < 4.78 is 0. The van der Waals surface area contributed by atoms with Gasteiger partial charge >= 0.3 is 6.03 Å². The van der Waals surface area contributed by atoms with Gasteiger partial charge in [0.25, 0.3) is 5.91 Å². The van der Waals surface area contributed by atoms with Crippen LogP contribution in [-0.2, 0) is 16.0 Å². The molecule has 1 fully saturated rings. The molecule has 1 aliphatic rings. The standard InChI is InChI=1S/C20H20ClN3O3/c1-13-7-9-16(15(21)11-13)22-18(25)12-24-19(26)17(23-20(24)27)10-8-14-5-3-2-4-6-14/h2-7,9,11,17H,8,10,12H2,1H3,(H,22,25)(H,23,27)/t17-/m1/s1. The molecule has 1 atom stereocenters. The summed E-state index contributed by atoms with van der Waals surface area (Å²) in [5.74, 6) is -0.867. The number of hydrogen-bond donors (Lipinski definition) is 2. The van der Waals surface area contributed by atoms with Gasteiger partial charge in [0.05, 0.1) is 10.7 Å². The highest BCUT2D eigenvalue weighted by Crippen LogP contribution is 2.22. The number of urea groups is 1. The number of imide groups is 1. The van der Waals surface area contributed by atoms with Crippen LogP contribution in [0.25, 0.3) is 0 Å². The molecule has 0 aromatic heterocycles. The molecule has 0 saturated carbocycles. The van der Waals surface area contributed by atoms with Crippen LogP contribution in [0.2, 0.25) is 5.02 Å². The molecule has 3 rings (SSSR count). The van der Waals surface area contributed by atoms with E-state index in [0.717, 1.165) is 16.0 Å². The van der Waals surface area contributed by atoms with E-state index in [1.54, 1.807) is 12.1 Å². The Bertz CT molecular complexity index is 870. The number of halogens is 1. The van der Waals surface area contributed by atoms with Gasteiger partial charge in [0, 0.05) is 0 Å². The number of hydrogen-bond acceptors (Lipinski definition) is 3. The number of nitrogens with one attached hydrogen (secondary N) is 2. The first-order valence-corrected chi connectivity index (χ1v) is 9.03. The predicted octanol–water partition coefficient (Wildman–Crippen LogP) is 3.14. The summed E-state index contributed by atoms with van der Waals surface area (Å²) in [6, 6.07) is 13.8. The molecule has 4 amide bonds. The monoisotopic (exact) mass is 385 g/mol. The van der Waals surface area contributed by atoms with Crippen molar-refractivity contribution in [1.82, 2.24) is 10.2 Å². The van der Waals surface area contributed by atoms with Gasteiger partial charge in [0.2, 0.25) is 5.91 Å². The zero-order valence-electron chi connectivity index (χ0n) is 14.9. The van der Waals surface area contributed by atoms with Crippen molar-refractivity contribution in [2.24, 2.45) is 0 Å². The quantitative estimate of drug-likeness (QED) is 0.750. The Morgan fingerprint density at radius 2 is 1.93 bits per heavy atom. The van der Waals surface area contributed by atoms with Crippen molar-refractivity contribution in [3.8, 4) is 0 Å². The smallest absolute Gasteiger partial charge is 0.325 e. The molecule has 7 heteroatoms. The van der Waals surface area contributed by atoms with Crippen molar-refractivity contribution >= 4 is 35.1 Å². The summed E-state index contributed by atoms with van der Waals surface area (Å²) in [6.07, 6.45) is 1.15. The second kappa shape index (κ2) is 8.22. The fourth-order valence-electron chi connectivity index (χ4n) is 2.93. The van der Waals surface area contributed by atoms with E-state index in [2.05, 4.69) is 10.6 Å². The van der Waals surface area contributed by atoms with E-state index in [1.165, 1.54) is 0 Å². The number of carbonyl (C=O) groups is 3. The SMILES string of the molecule is Cc1ccc(NC(=O)CN2C(=O)N[C@H](CCc3ccccc3)C2=O)c(Cl)c1. The number of rotatable bonds is 6. The molecule has 0 bridgehead atoms. The first-order chi connectivity index (χ1) is 12.9. The van der Waals surface area contributed by atoms with E-state index < -0.39 is 18.0 Å². The molecule has 1 aliphatic heterocycles. The summed E-state index contributed by atoms with van der Waals surface area (Å²) in [6.45, 7) is 1.54. The van der Waals surface area contributed by atoms with E-state index in [-0.39, 0.29) is 12.5 Å². The Labute approximate surface area is 162 Å². The lowest BCUT2D eigenvalue weighted by atomic mass is 10.1. The Morgan fingerprint density at radius 3 is 2.63 bits per heavy atom. The van der Waals surface area contributed by atoms with Crippen LogP contribution in [0.15, 0.2) is 48.5 Å². The van der Waals surface area contributed by atoms with E-state index in [4.69, 9.17) is 11.6 Å². The Balaban J connectivity index is 1.57. The van der Waals surface area contributed by atoms with Gasteiger partial charge < -0.3 is 10.6 Å². The Hall–Kier alpha value is -2.86. The lowest BCUT2D eigenvalue weighted by molar-refractivity contribution is -0.130. The largest absolute Gasteiger partial charge is 0.326 e. The number of amides is 4. The molecule has 0 aliphatic carbocycles. The minimum atomic E-state index is -0.617. The van der Waals surface area contributed by atoms with E-state index in [9.17, 15) is 14.4 Å². The van der Waals surface area contributed by atoms with Crippen LogP contribution < -0.4 is 10.6 Å². The van der Waals surface area contributed by atoms with E-state index in [1.807, 2.05) is 43.3 Å². The average Bonchev–Trinajstić information content (AvgIpc) is 2.91. The summed E-state index contributed by atoms with van der Waals surface area (Å²) in [5.41, 5.74) is 2.50. The average molecular weight is 386 g/mol. The van der Waals surface area contributed by atoms with Crippen LogP contribution >= 0.6 is 11.6 Å². The maximum absolute atomic E-state index is 12.5. The van der Waals surface area contributed by atoms with Crippen LogP contribution in [0.3, 0.4) is 0 Å². The molecule has 0 radical (unpaired) electrons. The third-order valence-corrected chi connectivity index (χ3v) is 4.68. The van der Waals surface area contributed by atoms with Gasteiger partial charge in [-0.3, -0.25) is 14.5 Å². The van der Waals surface area contributed by atoms with Crippen LogP contribution in [0, 0.1) is 6.92 Å². The molecular weight excluding hydrogens is 366 g/mol. The van der Waals surface area contributed by atoms with Gasteiger partial charge in [0.1, 0.15) is 12.6 Å². The van der Waals surface area contributed by atoms with Crippen molar-refractivity contribution < 1.29 is 14.4 Å². The number of anilines is 1. The fraction of sp³-hybridized carbons (Fsp3) is 0.250. The third kappa shape index (κ3) is 4.65. The van der Waals surface area contributed by atoms with Crippen molar-refractivity contribution in [2.75, 3.05) is 11.9 Å². The highest BCUT2D eigenvalue weighted by Gasteiger charge is 2.38. The molecule has 2 N–H and O–H groups in total. The molecule has 2 aromatic carbocycles. The van der Waals surface area contributed by atoms with Crippen molar-refractivity contribution in [3.05, 3.63) is 64.7 Å². The first-order valence-electron chi connectivity index (χ1n) is 8.66. The van der Waals surface area contributed by atoms with Gasteiger partial charge in [-0.1, -0.05) is 48.0 Å². The Morgan fingerprint density at radius 1 is 1.19 bits per heavy atom. The normalized spacial score (nSPS) is 16.4. The van der Waals surface area contributed by atoms with E-state index in [0.29, 0.717) is 23.6 Å². The molecule has 1 saturated heterocycles. The summed E-state index contributed by atoms with van der Waals surface area (Å²) in [7, 11) is 0. The second-order valence-electron chi connectivity index (χ2n) is 6.48. The maximum atomic E-state index is 12.5. The number of carbonyl (C=O) groups excluding carboxylic acids is 3. The maximum Gasteiger partial charge on any atom is 0.325 e. The lowest BCUT2D eigenvalue weighted by Gasteiger charge is -2.14. The molecule has 6 nitrogen and oxygen atoms in total. The van der Waals surface area contributed by atoms with Gasteiger partial charge in [0.15, 0.2) is 0 Å². The second-order valence-corrected chi connectivity index (χ2v) is 6.89. The molecule has 27 heavy (non-hydrogen) atoms. The zero-order chi connectivity index (χ0) is 19.4. The molecule has 140 valence electrons. The van der Waals surface area contributed by atoms with Crippen molar-refractivity contribution in [1.29, 1.82) is 0 Å². The number of benzene rings is 2. The topological polar surface area (TPSA) is 78.5 Å². The highest BCUT2D eigenvalue weighted by molar-refractivity contribution is 6.33. The van der Waals surface area contributed by atoms with Crippen LogP contribution in [-0.4, -0.2) is 35.3 Å².